The average molecular weight is 418 g/mol. The van der Waals surface area contributed by atoms with E-state index in [1.807, 2.05) is 0 Å². The zero-order chi connectivity index (χ0) is 20.8. The van der Waals surface area contributed by atoms with E-state index in [0.717, 1.165) is 56.9 Å². The van der Waals surface area contributed by atoms with Crippen LogP contribution >= 0.6 is 11.3 Å². The number of esters is 1. The summed E-state index contributed by atoms with van der Waals surface area (Å²) in [4.78, 5) is 39.4. The Labute approximate surface area is 175 Å². The molecule has 0 bridgehead atoms. The van der Waals surface area contributed by atoms with Crippen molar-refractivity contribution in [2.45, 2.75) is 70.8 Å². The number of amides is 2. The lowest BCUT2D eigenvalue weighted by Crippen LogP contribution is -2.38. The number of nitriles is 1. The summed E-state index contributed by atoms with van der Waals surface area (Å²) in [5.41, 5.74) is 1.59. The Bertz CT molecular complexity index is 827. The maximum absolute atomic E-state index is 12.5. The lowest BCUT2D eigenvalue weighted by molar-refractivity contribution is -0.156. The van der Waals surface area contributed by atoms with Gasteiger partial charge in [0.15, 0.2) is 6.10 Å². The third kappa shape index (κ3) is 5.36. The van der Waals surface area contributed by atoms with Crippen LogP contribution in [0.2, 0.25) is 0 Å². The summed E-state index contributed by atoms with van der Waals surface area (Å²) in [6, 6.07) is 2.23. The average Bonchev–Trinajstić information content (AvgIpc) is 2.84. The standard InChI is InChI=1S/C21H27N3O4S/c1-14(28-19(26)13-24-11-7-3-6-10-18(24)25)20(27)23-21-16(12-22)15-8-4-2-5-9-17(15)29-21/h14H,2-11,13H2,1H3,(H,23,27)/t14-/m1/s1. The number of aryl methyl sites for hydroxylation is 1. The van der Waals surface area contributed by atoms with Gasteiger partial charge in [0.2, 0.25) is 5.91 Å². The molecule has 156 valence electrons. The zero-order valence-electron chi connectivity index (χ0n) is 16.8. The number of fused-ring (bicyclic) bond motifs is 1. The van der Waals surface area contributed by atoms with Crippen LogP contribution in [0.15, 0.2) is 0 Å². The van der Waals surface area contributed by atoms with Crippen LogP contribution in [0.3, 0.4) is 0 Å². The minimum atomic E-state index is -1.00. The second-order valence-electron chi connectivity index (χ2n) is 7.63. The molecule has 3 rings (SSSR count). The van der Waals surface area contributed by atoms with Gasteiger partial charge in [0.05, 0.1) is 5.56 Å². The molecule has 1 saturated heterocycles. The molecule has 7 nitrogen and oxygen atoms in total. The highest BCUT2D eigenvalue weighted by Crippen LogP contribution is 2.37. The van der Waals surface area contributed by atoms with E-state index in [2.05, 4.69) is 11.4 Å². The Morgan fingerprint density at radius 3 is 2.69 bits per heavy atom. The molecule has 1 aromatic heterocycles. The number of carbonyl (C=O) groups excluding carboxylic acids is 3. The summed E-state index contributed by atoms with van der Waals surface area (Å²) in [5, 5.41) is 12.9. The molecule has 1 aliphatic heterocycles. The molecule has 1 aliphatic carbocycles. The molecule has 8 heteroatoms. The van der Waals surface area contributed by atoms with Crippen LogP contribution in [0.4, 0.5) is 5.00 Å². The van der Waals surface area contributed by atoms with Gasteiger partial charge in [-0.15, -0.1) is 11.3 Å². The molecule has 1 atom stereocenters. The van der Waals surface area contributed by atoms with Crippen LogP contribution in [-0.4, -0.2) is 41.9 Å². The number of nitrogens with one attached hydrogen (secondary N) is 1. The van der Waals surface area contributed by atoms with E-state index in [4.69, 9.17) is 4.74 Å². The number of ether oxygens (including phenoxy) is 1. The Hall–Kier alpha value is -2.40. The van der Waals surface area contributed by atoms with Gasteiger partial charge in [-0.2, -0.15) is 5.26 Å². The van der Waals surface area contributed by atoms with Crippen LogP contribution in [0.25, 0.3) is 0 Å². The van der Waals surface area contributed by atoms with Crippen LogP contribution in [0.1, 0.15) is 67.9 Å². The monoisotopic (exact) mass is 417 g/mol. The van der Waals surface area contributed by atoms with Crippen LogP contribution < -0.4 is 5.32 Å². The van der Waals surface area contributed by atoms with Crippen molar-refractivity contribution in [3.8, 4) is 6.07 Å². The van der Waals surface area contributed by atoms with E-state index in [0.29, 0.717) is 23.5 Å². The highest BCUT2D eigenvalue weighted by Gasteiger charge is 2.26. The lowest BCUT2D eigenvalue weighted by atomic mass is 10.1. The van der Waals surface area contributed by atoms with Crippen molar-refractivity contribution in [2.75, 3.05) is 18.4 Å². The van der Waals surface area contributed by atoms with Gasteiger partial charge in [-0.1, -0.05) is 12.8 Å². The Morgan fingerprint density at radius 1 is 1.17 bits per heavy atom. The third-order valence-corrected chi connectivity index (χ3v) is 6.65. The smallest absolute Gasteiger partial charge is 0.326 e. The predicted molar refractivity (Wildman–Crippen MR) is 110 cm³/mol. The van der Waals surface area contributed by atoms with Gasteiger partial charge in [0.25, 0.3) is 5.91 Å². The van der Waals surface area contributed by atoms with E-state index in [1.54, 1.807) is 0 Å². The molecular formula is C21H27N3O4S. The number of hydrogen-bond donors (Lipinski definition) is 1. The van der Waals surface area contributed by atoms with Gasteiger partial charge < -0.3 is 15.0 Å². The van der Waals surface area contributed by atoms with E-state index < -0.39 is 18.0 Å². The third-order valence-electron chi connectivity index (χ3n) is 5.44. The molecule has 0 unspecified atom stereocenters. The van der Waals surface area contributed by atoms with Crippen molar-refractivity contribution in [2.24, 2.45) is 0 Å². The van der Waals surface area contributed by atoms with E-state index >= 15 is 0 Å². The van der Waals surface area contributed by atoms with Crippen molar-refractivity contribution in [1.29, 1.82) is 5.26 Å². The zero-order valence-corrected chi connectivity index (χ0v) is 17.6. The quantitative estimate of drug-likeness (QED) is 0.586. The first kappa shape index (κ1) is 21.3. The molecular weight excluding hydrogens is 390 g/mol. The van der Waals surface area contributed by atoms with Crippen molar-refractivity contribution in [3.63, 3.8) is 0 Å². The van der Waals surface area contributed by atoms with Gasteiger partial charge in [-0.3, -0.25) is 14.4 Å². The van der Waals surface area contributed by atoms with Gasteiger partial charge in [0, 0.05) is 17.8 Å². The van der Waals surface area contributed by atoms with Gasteiger partial charge in [0.1, 0.15) is 17.6 Å². The number of anilines is 1. The van der Waals surface area contributed by atoms with Crippen molar-refractivity contribution >= 4 is 34.1 Å². The first-order valence-electron chi connectivity index (χ1n) is 10.3. The number of rotatable bonds is 5. The van der Waals surface area contributed by atoms with E-state index in [1.165, 1.54) is 28.0 Å². The highest BCUT2D eigenvalue weighted by atomic mass is 32.1. The maximum atomic E-state index is 12.5. The van der Waals surface area contributed by atoms with E-state index in [-0.39, 0.29) is 12.5 Å². The lowest BCUT2D eigenvalue weighted by Gasteiger charge is -2.20. The van der Waals surface area contributed by atoms with Crippen molar-refractivity contribution in [3.05, 3.63) is 16.0 Å². The summed E-state index contributed by atoms with van der Waals surface area (Å²) >= 11 is 1.45. The Kier molecular flexibility index (Phi) is 7.26. The molecule has 2 heterocycles. The second-order valence-corrected chi connectivity index (χ2v) is 8.73. The normalized spacial score (nSPS) is 18.1. The van der Waals surface area contributed by atoms with Gasteiger partial charge >= 0.3 is 5.97 Å². The first-order valence-corrected chi connectivity index (χ1v) is 11.1. The number of nitrogens with zero attached hydrogens (tertiary/aromatic N) is 2. The fraction of sp³-hybridized carbons (Fsp3) is 0.619. The second kappa shape index (κ2) is 9.88. The van der Waals surface area contributed by atoms with Crippen LogP contribution in [-0.2, 0) is 32.0 Å². The minimum Gasteiger partial charge on any atom is -0.451 e. The molecule has 0 saturated carbocycles. The topological polar surface area (TPSA) is 99.5 Å². The highest BCUT2D eigenvalue weighted by molar-refractivity contribution is 7.16. The molecule has 2 amide bonds. The molecule has 0 spiro atoms. The largest absolute Gasteiger partial charge is 0.451 e. The van der Waals surface area contributed by atoms with Crippen LogP contribution in [0, 0.1) is 11.3 Å². The molecule has 0 aromatic carbocycles. The summed E-state index contributed by atoms with van der Waals surface area (Å²) in [6.45, 7) is 1.91. The Morgan fingerprint density at radius 2 is 1.90 bits per heavy atom. The number of hydrogen-bond acceptors (Lipinski definition) is 6. The predicted octanol–water partition coefficient (Wildman–Crippen LogP) is 3.16. The molecule has 1 aromatic rings. The SMILES string of the molecule is C[C@@H](OC(=O)CN1CCCCCC1=O)C(=O)Nc1sc2c(c1C#N)CCCCC2. The van der Waals surface area contributed by atoms with Gasteiger partial charge in [-0.05, 0) is 51.0 Å². The summed E-state index contributed by atoms with van der Waals surface area (Å²) in [6.07, 6.45) is 7.22. The fourth-order valence-corrected chi connectivity index (χ4v) is 5.05. The van der Waals surface area contributed by atoms with Crippen LogP contribution in [0.5, 0.6) is 0 Å². The Balaban J connectivity index is 1.58. The number of likely N-dealkylation sites (tertiary alicyclic amines) is 1. The minimum absolute atomic E-state index is 0.0460. The summed E-state index contributed by atoms with van der Waals surface area (Å²) in [7, 11) is 0. The van der Waals surface area contributed by atoms with Crippen molar-refractivity contribution in [1.82, 2.24) is 4.90 Å². The summed E-state index contributed by atoms with van der Waals surface area (Å²) in [5.74, 6) is -1.10. The maximum Gasteiger partial charge on any atom is 0.326 e. The first-order chi connectivity index (χ1) is 14.0. The number of carbonyl (C=O) groups is 3. The fourth-order valence-electron chi connectivity index (χ4n) is 3.81. The molecule has 0 radical (unpaired) electrons. The molecule has 29 heavy (non-hydrogen) atoms. The summed E-state index contributed by atoms with van der Waals surface area (Å²) < 4.78 is 5.25. The molecule has 1 N–H and O–H groups in total. The molecule has 2 aliphatic rings. The number of thiophene rings is 1. The molecule has 1 fully saturated rings. The van der Waals surface area contributed by atoms with Crippen molar-refractivity contribution < 1.29 is 19.1 Å². The van der Waals surface area contributed by atoms with E-state index in [9.17, 15) is 19.6 Å². The van der Waals surface area contributed by atoms with Gasteiger partial charge in [-0.25, -0.2) is 0 Å².